The zero-order valence-electron chi connectivity index (χ0n) is 20.2. The Balaban J connectivity index is 1.58. The Morgan fingerprint density at radius 3 is 2.49 bits per heavy atom. The number of nitro benzene ring substituents is 1. The van der Waals surface area contributed by atoms with E-state index in [0.29, 0.717) is 29.1 Å². The highest BCUT2D eigenvalue weighted by Crippen LogP contribution is 2.39. The van der Waals surface area contributed by atoms with E-state index in [0.717, 1.165) is 46.7 Å². The molecule has 1 aliphatic rings. The molecule has 9 nitrogen and oxygen atoms in total. The van der Waals surface area contributed by atoms with Crippen molar-refractivity contribution in [1.82, 2.24) is 9.97 Å². The summed E-state index contributed by atoms with van der Waals surface area (Å²) in [6.07, 6.45) is 3.59. The number of nitro groups is 1. The zero-order valence-corrected chi connectivity index (χ0v) is 20.2. The maximum absolute atomic E-state index is 13.2. The van der Waals surface area contributed by atoms with Crippen molar-refractivity contribution in [3.63, 3.8) is 0 Å². The second kappa shape index (κ2) is 10.1. The average Bonchev–Trinajstić information content (AvgIpc) is 3.48. The van der Waals surface area contributed by atoms with Crippen LogP contribution in [-0.4, -0.2) is 27.3 Å². The first-order valence-corrected chi connectivity index (χ1v) is 12.0. The second-order valence-corrected chi connectivity index (χ2v) is 8.85. The summed E-state index contributed by atoms with van der Waals surface area (Å²) in [7, 11) is 0. The Morgan fingerprint density at radius 2 is 1.84 bits per heavy atom. The molecule has 0 aliphatic carbocycles. The maximum Gasteiger partial charge on any atom is 0.270 e. The van der Waals surface area contributed by atoms with Gasteiger partial charge in [-0.25, -0.2) is 4.98 Å². The van der Waals surface area contributed by atoms with Crippen LogP contribution in [0.4, 0.5) is 17.1 Å². The van der Waals surface area contributed by atoms with E-state index in [-0.39, 0.29) is 11.6 Å². The van der Waals surface area contributed by atoms with Crippen LogP contribution in [0.3, 0.4) is 0 Å². The van der Waals surface area contributed by atoms with Crippen LogP contribution in [0.1, 0.15) is 28.9 Å². The summed E-state index contributed by atoms with van der Waals surface area (Å²) in [5, 5.41) is 17.7. The van der Waals surface area contributed by atoms with Gasteiger partial charge in [0.1, 0.15) is 5.82 Å². The minimum absolute atomic E-state index is 0.0807. The topological polar surface area (TPSA) is 139 Å². The first-order valence-electron chi connectivity index (χ1n) is 12.0. The number of fused-ring (bicyclic) bond motifs is 1. The molecule has 37 heavy (non-hydrogen) atoms. The van der Waals surface area contributed by atoms with Crippen molar-refractivity contribution in [1.29, 1.82) is 0 Å². The summed E-state index contributed by atoms with van der Waals surface area (Å²) < 4.78 is 0. The van der Waals surface area contributed by atoms with Gasteiger partial charge in [-0.3, -0.25) is 14.9 Å². The van der Waals surface area contributed by atoms with Crippen molar-refractivity contribution in [2.45, 2.75) is 19.8 Å². The molecule has 0 saturated carbocycles. The Kier molecular flexibility index (Phi) is 6.53. The molecule has 0 fully saturated rings. The van der Waals surface area contributed by atoms with Crippen molar-refractivity contribution in [2.75, 3.05) is 17.2 Å². The fourth-order valence-electron chi connectivity index (χ4n) is 4.37. The number of benzene rings is 3. The molecule has 186 valence electrons. The van der Waals surface area contributed by atoms with Gasteiger partial charge in [0.25, 0.3) is 11.6 Å². The van der Waals surface area contributed by atoms with E-state index in [1.807, 2.05) is 61.7 Å². The van der Waals surface area contributed by atoms with Gasteiger partial charge in [0.15, 0.2) is 0 Å². The lowest BCUT2D eigenvalue weighted by Crippen LogP contribution is -2.10. The van der Waals surface area contributed by atoms with E-state index in [4.69, 9.17) is 5.73 Å². The molecule has 5 N–H and O–H groups in total. The largest absolute Gasteiger partial charge is 0.354 e. The molecule has 2 heterocycles. The quantitative estimate of drug-likeness (QED) is 0.152. The lowest BCUT2D eigenvalue weighted by Gasteiger charge is -2.16. The van der Waals surface area contributed by atoms with Crippen LogP contribution < -0.4 is 16.4 Å². The second-order valence-electron chi connectivity index (χ2n) is 8.85. The number of aromatic amines is 1. The van der Waals surface area contributed by atoms with Gasteiger partial charge < -0.3 is 21.4 Å². The third-order valence-corrected chi connectivity index (χ3v) is 6.28. The van der Waals surface area contributed by atoms with Crippen LogP contribution in [0.15, 0.2) is 72.9 Å². The number of imidazole rings is 1. The average molecular weight is 495 g/mol. The van der Waals surface area contributed by atoms with E-state index in [1.165, 1.54) is 12.1 Å². The van der Waals surface area contributed by atoms with Gasteiger partial charge in [-0.1, -0.05) is 36.4 Å². The molecule has 1 aliphatic heterocycles. The molecule has 0 spiro atoms. The number of rotatable bonds is 8. The summed E-state index contributed by atoms with van der Waals surface area (Å²) >= 11 is 0. The third kappa shape index (κ3) is 4.98. The summed E-state index contributed by atoms with van der Waals surface area (Å²) in [6.45, 7) is 2.51. The number of nitrogens with one attached hydrogen (secondary N) is 3. The molecule has 4 aromatic rings. The Labute approximate surface area is 213 Å². The third-order valence-electron chi connectivity index (χ3n) is 6.28. The number of hydrogen-bond donors (Lipinski definition) is 4. The highest BCUT2D eigenvalue weighted by molar-refractivity contribution is 6.37. The fraction of sp³-hybridized carbons (Fsp3) is 0.143. The molecule has 9 heteroatoms. The van der Waals surface area contributed by atoms with Gasteiger partial charge in [-0.15, -0.1) is 0 Å². The number of hydrogen-bond acceptors (Lipinski definition) is 6. The number of nitrogens with two attached hydrogens (primary N) is 1. The van der Waals surface area contributed by atoms with Crippen LogP contribution >= 0.6 is 0 Å². The lowest BCUT2D eigenvalue weighted by atomic mass is 9.98. The van der Waals surface area contributed by atoms with Crippen LogP contribution in [0.25, 0.3) is 22.5 Å². The molecule has 0 unspecified atom stereocenters. The van der Waals surface area contributed by atoms with Crippen molar-refractivity contribution >= 4 is 34.2 Å². The molecule has 1 aromatic heterocycles. The number of carbonyl (C=O) groups excluding carboxylic acids is 1. The predicted octanol–water partition coefficient (Wildman–Crippen LogP) is 5.12. The number of carbonyl (C=O) groups is 1. The normalized spacial score (nSPS) is 13.7. The van der Waals surface area contributed by atoms with E-state index in [1.54, 1.807) is 6.07 Å². The Hall–Kier alpha value is -4.76. The standard InChI is InChI=1S/C28H26N6O3/c1-17-30-16-25(31-17)19-8-10-21(11-9-19)32-27(20-6-4-18(5-7-20)3-2-14-29)26-23-15-22(34(36)37)12-13-24(23)33-28(26)35/h4-13,15-16,32H,2-3,14,29H2,1H3,(H,30,31)(H,33,35). The number of non-ortho nitro benzene ring substituents is 1. The zero-order chi connectivity index (χ0) is 25.9. The maximum atomic E-state index is 13.2. The van der Waals surface area contributed by atoms with Crippen LogP contribution in [0.2, 0.25) is 0 Å². The van der Waals surface area contributed by atoms with Gasteiger partial charge in [-0.05, 0) is 55.6 Å². The van der Waals surface area contributed by atoms with Gasteiger partial charge in [0.05, 0.1) is 21.9 Å². The van der Waals surface area contributed by atoms with Crippen LogP contribution in [-0.2, 0) is 11.2 Å². The highest BCUT2D eigenvalue weighted by atomic mass is 16.6. The van der Waals surface area contributed by atoms with Crippen LogP contribution in [0, 0.1) is 17.0 Å². The number of anilines is 2. The number of aromatic nitrogens is 2. The van der Waals surface area contributed by atoms with Crippen molar-refractivity contribution in [3.05, 3.63) is 106 Å². The van der Waals surface area contributed by atoms with Gasteiger partial charge >= 0.3 is 0 Å². The van der Waals surface area contributed by atoms with Crippen molar-refractivity contribution in [3.8, 4) is 11.3 Å². The van der Waals surface area contributed by atoms with Crippen molar-refractivity contribution in [2.24, 2.45) is 5.73 Å². The number of aryl methyl sites for hydroxylation is 2. The van der Waals surface area contributed by atoms with Gasteiger partial charge in [0, 0.05) is 40.8 Å². The summed E-state index contributed by atoms with van der Waals surface area (Å²) in [4.78, 5) is 31.7. The monoisotopic (exact) mass is 494 g/mol. The minimum atomic E-state index is -0.463. The van der Waals surface area contributed by atoms with E-state index in [2.05, 4.69) is 20.6 Å². The molecule has 0 bridgehead atoms. The first kappa shape index (κ1) is 24.0. The van der Waals surface area contributed by atoms with Crippen LogP contribution in [0.5, 0.6) is 0 Å². The molecule has 0 radical (unpaired) electrons. The number of nitrogens with zero attached hydrogens (tertiary/aromatic N) is 2. The molecule has 0 atom stereocenters. The molecule has 1 amide bonds. The molecular formula is C28H26N6O3. The highest BCUT2D eigenvalue weighted by Gasteiger charge is 2.30. The summed E-state index contributed by atoms with van der Waals surface area (Å²) in [5.74, 6) is 0.507. The van der Waals surface area contributed by atoms with Crippen molar-refractivity contribution < 1.29 is 9.72 Å². The van der Waals surface area contributed by atoms with Gasteiger partial charge in [0.2, 0.25) is 0 Å². The minimum Gasteiger partial charge on any atom is -0.354 e. The smallest absolute Gasteiger partial charge is 0.270 e. The number of amides is 1. The molecule has 5 rings (SSSR count). The lowest BCUT2D eigenvalue weighted by molar-refractivity contribution is -0.384. The molecule has 0 saturated heterocycles. The molecule has 3 aromatic carbocycles. The summed E-state index contributed by atoms with van der Waals surface area (Å²) in [6, 6.07) is 20.0. The number of H-pyrrole nitrogens is 1. The molecular weight excluding hydrogens is 468 g/mol. The summed E-state index contributed by atoms with van der Waals surface area (Å²) in [5.41, 5.74) is 12.0. The SMILES string of the molecule is Cc1nc(-c2ccc(NC(=C3C(=O)Nc4ccc([N+](=O)[O-])cc43)c3ccc(CCCN)cc3)cc2)c[nH]1. The van der Waals surface area contributed by atoms with E-state index < -0.39 is 4.92 Å². The Bertz CT molecular complexity index is 1500. The fourth-order valence-corrected chi connectivity index (χ4v) is 4.37. The predicted molar refractivity (Wildman–Crippen MR) is 145 cm³/mol. The first-order chi connectivity index (χ1) is 17.9. The van der Waals surface area contributed by atoms with E-state index >= 15 is 0 Å². The Morgan fingerprint density at radius 1 is 1.08 bits per heavy atom. The van der Waals surface area contributed by atoms with E-state index in [9.17, 15) is 14.9 Å². The van der Waals surface area contributed by atoms with Gasteiger partial charge in [-0.2, -0.15) is 0 Å².